The van der Waals surface area contributed by atoms with Crippen LogP contribution in [0.3, 0.4) is 0 Å². The van der Waals surface area contributed by atoms with Gasteiger partial charge in [-0.15, -0.1) is 0 Å². The van der Waals surface area contributed by atoms with Crippen LogP contribution in [0.25, 0.3) is 0 Å². The SMILES string of the molecule is CCOc1c(Br)cc(CNCC2CCCCC2C)cc1Br. The third-order valence-electron chi connectivity index (χ3n) is 4.37. The molecule has 0 radical (unpaired) electrons. The Kier molecular flexibility index (Phi) is 7.03. The normalized spacial score (nSPS) is 22.3. The van der Waals surface area contributed by atoms with E-state index >= 15 is 0 Å². The van der Waals surface area contributed by atoms with Crippen molar-refractivity contribution in [3.8, 4) is 5.75 Å². The van der Waals surface area contributed by atoms with Gasteiger partial charge in [0, 0.05) is 6.54 Å². The molecule has 118 valence electrons. The van der Waals surface area contributed by atoms with Crippen LogP contribution in [-0.4, -0.2) is 13.2 Å². The first-order valence-corrected chi connectivity index (χ1v) is 9.51. The highest BCUT2D eigenvalue weighted by atomic mass is 79.9. The molecule has 0 heterocycles. The van der Waals surface area contributed by atoms with Gasteiger partial charge >= 0.3 is 0 Å². The van der Waals surface area contributed by atoms with Crippen LogP contribution in [0.4, 0.5) is 0 Å². The zero-order valence-electron chi connectivity index (χ0n) is 12.9. The second-order valence-corrected chi connectivity index (χ2v) is 7.68. The van der Waals surface area contributed by atoms with Crippen LogP contribution in [-0.2, 0) is 6.54 Å². The van der Waals surface area contributed by atoms with E-state index < -0.39 is 0 Å². The van der Waals surface area contributed by atoms with Gasteiger partial charge in [-0.1, -0.05) is 26.2 Å². The molecule has 0 spiro atoms. The van der Waals surface area contributed by atoms with Crippen LogP contribution in [0.2, 0.25) is 0 Å². The summed E-state index contributed by atoms with van der Waals surface area (Å²) in [6.07, 6.45) is 5.59. The summed E-state index contributed by atoms with van der Waals surface area (Å²) in [5, 5.41) is 3.63. The zero-order valence-corrected chi connectivity index (χ0v) is 16.1. The first kappa shape index (κ1) is 17.3. The summed E-state index contributed by atoms with van der Waals surface area (Å²) < 4.78 is 7.65. The van der Waals surface area contributed by atoms with Gasteiger partial charge in [0.1, 0.15) is 5.75 Å². The Hall–Kier alpha value is -0.0600. The molecular formula is C17H25Br2NO. The van der Waals surface area contributed by atoms with Gasteiger partial charge in [0.15, 0.2) is 0 Å². The van der Waals surface area contributed by atoms with Crippen molar-refractivity contribution in [1.29, 1.82) is 0 Å². The van der Waals surface area contributed by atoms with E-state index in [1.807, 2.05) is 6.92 Å². The fourth-order valence-electron chi connectivity index (χ4n) is 3.09. The lowest BCUT2D eigenvalue weighted by molar-refractivity contribution is 0.247. The lowest BCUT2D eigenvalue weighted by atomic mass is 9.80. The highest BCUT2D eigenvalue weighted by Gasteiger charge is 2.20. The van der Waals surface area contributed by atoms with E-state index in [0.717, 1.165) is 39.6 Å². The van der Waals surface area contributed by atoms with E-state index in [1.54, 1.807) is 0 Å². The summed E-state index contributed by atoms with van der Waals surface area (Å²) in [5.41, 5.74) is 1.28. The molecule has 1 N–H and O–H groups in total. The van der Waals surface area contributed by atoms with Gasteiger partial charge in [0.2, 0.25) is 0 Å². The van der Waals surface area contributed by atoms with Crippen molar-refractivity contribution in [2.24, 2.45) is 11.8 Å². The van der Waals surface area contributed by atoms with Gasteiger partial charge in [-0.2, -0.15) is 0 Å². The van der Waals surface area contributed by atoms with E-state index in [2.05, 4.69) is 56.2 Å². The fourth-order valence-corrected chi connectivity index (χ4v) is 4.61. The van der Waals surface area contributed by atoms with E-state index in [4.69, 9.17) is 4.74 Å². The summed E-state index contributed by atoms with van der Waals surface area (Å²) in [5.74, 6) is 2.60. The molecule has 2 nitrogen and oxygen atoms in total. The number of rotatable bonds is 6. The summed E-state index contributed by atoms with van der Waals surface area (Å²) >= 11 is 7.19. The van der Waals surface area contributed by atoms with Gasteiger partial charge in [-0.05, 0) is 81.3 Å². The monoisotopic (exact) mass is 417 g/mol. The summed E-state index contributed by atoms with van der Waals surface area (Å²) in [6, 6.07) is 4.29. The fraction of sp³-hybridized carbons (Fsp3) is 0.647. The lowest BCUT2D eigenvalue weighted by Crippen LogP contribution is -2.29. The van der Waals surface area contributed by atoms with Gasteiger partial charge in [-0.3, -0.25) is 0 Å². The molecule has 2 atom stereocenters. The maximum absolute atomic E-state index is 5.62. The quantitative estimate of drug-likeness (QED) is 0.655. The predicted molar refractivity (Wildman–Crippen MR) is 95.8 cm³/mol. The van der Waals surface area contributed by atoms with Gasteiger partial charge in [0.05, 0.1) is 15.6 Å². The molecule has 21 heavy (non-hydrogen) atoms. The van der Waals surface area contributed by atoms with Crippen molar-refractivity contribution < 1.29 is 4.74 Å². The van der Waals surface area contributed by atoms with E-state index in [0.29, 0.717) is 6.61 Å². The molecule has 2 rings (SSSR count). The Balaban J connectivity index is 1.88. The van der Waals surface area contributed by atoms with E-state index in [-0.39, 0.29) is 0 Å². The number of nitrogens with one attached hydrogen (secondary N) is 1. The minimum atomic E-state index is 0.675. The second kappa shape index (κ2) is 8.54. The van der Waals surface area contributed by atoms with Gasteiger partial charge in [-0.25, -0.2) is 0 Å². The summed E-state index contributed by atoms with van der Waals surface area (Å²) in [6.45, 7) is 7.11. The third kappa shape index (κ3) is 4.97. The first-order valence-electron chi connectivity index (χ1n) is 7.93. The Morgan fingerprint density at radius 3 is 2.48 bits per heavy atom. The molecule has 1 fully saturated rings. The van der Waals surface area contributed by atoms with Crippen molar-refractivity contribution in [3.05, 3.63) is 26.6 Å². The molecule has 1 aromatic rings. The lowest BCUT2D eigenvalue weighted by Gasteiger charge is -2.29. The van der Waals surface area contributed by atoms with Crippen molar-refractivity contribution in [2.75, 3.05) is 13.2 Å². The maximum atomic E-state index is 5.62. The standard InChI is InChI=1S/C17H25Br2NO/c1-3-21-17-15(18)8-13(9-16(17)19)10-20-11-14-7-5-4-6-12(14)2/h8-9,12,14,20H,3-7,10-11H2,1-2H3. The molecular weight excluding hydrogens is 394 g/mol. The average molecular weight is 419 g/mol. The van der Waals surface area contributed by atoms with Crippen molar-refractivity contribution >= 4 is 31.9 Å². The number of benzene rings is 1. The smallest absolute Gasteiger partial charge is 0.147 e. The van der Waals surface area contributed by atoms with E-state index in [1.165, 1.54) is 31.2 Å². The van der Waals surface area contributed by atoms with Crippen LogP contribution in [0, 0.1) is 11.8 Å². The minimum Gasteiger partial charge on any atom is -0.492 e. The molecule has 1 saturated carbocycles. The van der Waals surface area contributed by atoms with Crippen LogP contribution in [0.5, 0.6) is 5.75 Å². The van der Waals surface area contributed by atoms with Crippen molar-refractivity contribution in [1.82, 2.24) is 5.32 Å². The number of ether oxygens (including phenoxy) is 1. The van der Waals surface area contributed by atoms with Crippen LogP contribution in [0.15, 0.2) is 21.1 Å². The predicted octanol–water partition coefficient (Wildman–Crippen LogP) is 5.53. The van der Waals surface area contributed by atoms with Gasteiger partial charge < -0.3 is 10.1 Å². The number of hydrogen-bond donors (Lipinski definition) is 1. The number of halogens is 2. The molecule has 0 bridgehead atoms. The Labute approximate surface area is 145 Å². The third-order valence-corrected chi connectivity index (χ3v) is 5.55. The molecule has 1 aromatic carbocycles. The molecule has 2 unspecified atom stereocenters. The summed E-state index contributed by atoms with van der Waals surface area (Å²) in [7, 11) is 0. The average Bonchev–Trinajstić information content (AvgIpc) is 2.45. The van der Waals surface area contributed by atoms with E-state index in [9.17, 15) is 0 Å². The van der Waals surface area contributed by atoms with Crippen LogP contribution < -0.4 is 10.1 Å². The molecule has 1 aliphatic rings. The number of hydrogen-bond acceptors (Lipinski definition) is 2. The molecule has 4 heteroatoms. The zero-order chi connectivity index (χ0) is 15.2. The van der Waals surface area contributed by atoms with Crippen LogP contribution >= 0.6 is 31.9 Å². The Morgan fingerprint density at radius 1 is 1.19 bits per heavy atom. The maximum Gasteiger partial charge on any atom is 0.147 e. The van der Waals surface area contributed by atoms with Crippen molar-refractivity contribution in [3.63, 3.8) is 0 Å². The van der Waals surface area contributed by atoms with Crippen molar-refractivity contribution in [2.45, 2.75) is 46.1 Å². The second-order valence-electron chi connectivity index (χ2n) is 5.97. The molecule has 1 aliphatic carbocycles. The Morgan fingerprint density at radius 2 is 1.86 bits per heavy atom. The highest BCUT2D eigenvalue weighted by Crippen LogP contribution is 2.35. The van der Waals surface area contributed by atoms with Gasteiger partial charge in [0.25, 0.3) is 0 Å². The highest BCUT2D eigenvalue weighted by molar-refractivity contribution is 9.11. The first-order chi connectivity index (χ1) is 10.1. The topological polar surface area (TPSA) is 21.3 Å². The molecule has 0 amide bonds. The molecule has 0 saturated heterocycles. The largest absolute Gasteiger partial charge is 0.492 e. The Bertz CT molecular complexity index is 441. The molecule has 0 aromatic heterocycles. The minimum absolute atomic E-state index is 0.675. The van der Waals surface area contributed by atoms with Crippen LogP contribution in [0.1, 0.15) is 45.1 Å². The molecule has 0 aliphatic heterocycles. The summed E-state index contributed by atoms with van der Waals surface area (Å²) in [4.78, 5) is 0.